The van der Waals surface area contributed by atoms with Gasteiger partial charge in [-0.3, -0.25) is 14.4 Å². The molecule has 0 bridgehead atoms. The molecule has 0 aromatic heterocycles. The summed E-state index contributed by atoms with van der Waals surface area (Å²) >= 11 is 0. The summed E-state index contributed by atoms with van der Waals surface area (Å²) in [7, 11) is 5.64. The second kappa shape index (κ2) is 19.1. The van der Waals surface area contributed by atoms with Crippen molar-refractivity contribution < 1.29 is 28.7 Å². The third-order valence-electron chi connectivity index (χ3n) is 5.85. The first kappa shape index (κ1) is 32.9. The highest BCUT2D eigenvalue weighted by Crippen LogP contribution is 2.26. The molecule has 0 aromatic rings. The fourth-order valence-electron chi connectivity index (χ4n) is 4.26. The van der Waals surface area contributed by atoms with Crippen molar-refractivity contribution >= 4 is 17.7 Å². The molecule has 35 heavy (non-hydrogen) atoms. The van der Waals surface area contributed by atoms with Crippen LogP contribution in [0.4, 0.5) is 0 Å². The highest BCUT2D eigenvalue weighted by molar-refractivity contribution is 5.93. The fraction of sp³-hybridized carbons (Fsp3) is 0.759. The number of allylic oxidation sites excluding steroid dienone is 2. The average Bonchev–Trinajstić information content (AvgIpc) is 2.75. The van der Waals surface area contributed by atoms with E-state index >= 15 is 0 Å². The second-order valence-electron chi connectivity index (χ2n) is 10.5. The molecular weight excluding hydrogens is 442 g/mol. The number of carbonyl (C=O) groups excluding carboxylic acids is 2. The van der Waals surface area contributed by atoms with Crippen molar-refractivity contribution in [3.05, 3.63) is 12.2 Å². The van der Waals surface area contributed by atoms with Crippen molar-refractivity contribution in [1.82, 2.24) is 0 Å². The number of Topliss-reactive ketones (excluding diaryl/α,β-unsaturated/α-hetero) is 1. The Kier molecular flexibility index (Phi) is 17.9. The Hall–Kier alpha value is -2.13. The molecule has 0 aromatic carbocycles. The molecule has 0 aliphatic heterocycles. The van der Waals surface area contributed by atoms with E-state index in [4.69, 9.17) is 4.74 Å². The summed E-state index contributed by atoms with van der Waals surface area (Å²) in [6, 6.07) is 0. The molecule has 0 heterocycles. The van der Waals surface area contributed by atoms with Gasteiger partial charge in [-0.2, -0.15) is 0 Å². The number of hydrogen-bond donors (Lipinski definition) is 1. The number of carboxylic acids is 1. The van der Waals surface area contributed by atoms with Gasteiger partial charge < -0.3 is 14.3 Å². The van der Waals surface area contributed by atoms with E-state index in [9.17, 15) is 19.5 Å². The predicted molar refractivity (Wildman–Crippen MR) is 142 cm³/mol. The van der Waals surface area contributed by atoms with Crippen molar-refractivity contribution in [1.29, 1.82) is 0 Å². The van der Waals surface area contributed by atoms with Gasteiger partial charge in [0.15, 0.2) is 5.78 Å². The molecule has 1 atom stereocenters. The molecule has 0 aliphatic carbocycles. The maximum atomic E-state index is 13.3. The first-order valence-electron chi connectivity index (χ1n) is 13.3. The van der Waals surface area contributed by atoms with Gasteiger partial charge >= 0.3 is 11.9 Å². The van der Waals surface area contributed by atoms with Gasteiger partial charge in [0, 0.05) is 19.3 Å². The van der Waals surface area contributed by atoms with Crippen molar-refractivity contribution in [3.8, 4) is 11.8 Å². The first-order valence-corrected chi connectivity index (χ1v) is 13.3. The lowest BCUT2D eigenvalue weighted by Crippen LogP contribution is -2.57. The third-order valence-corrected chi connectivity index (χ3v) is 5.85. The van der Waals surface area contributed by atoms with Crippen LogP contribution in [0.15, 0.2) is 12.2 Å². The van der Waals surface area contributed by atoms with Crippen LogP contribution >= 0.6 is 0 Å². The van der Waals surface area contributed by atoms with Gasteiger partial charge in [-0.25, -0.2) is 0 Å². The number of carboxylic acid groups (broad SMARTS) is 1. The molecule has 0 aliphatic rings. The van der Waals surface area contributed by atoms with Gasteiger partial charge in [0.25, 0.3) is 0 Å². The maximum Gasteiger partial charge on any atom is 0.308 e. The molecule has 1 unspecified atom stereocenters. The summed E-state index contributed by atoms with van der Waals surface area (Å²) in [5, 5.41) is 9.59. The molecule has 6 heteroatoms. The van der Waals surface area contributed by atoms with E-state index in [0.717, 1.165) is 64.2 Å². The first-order chi connectivity index (χ1) is 16.6. The fourth-order valence-corrected chi connectivity index (χ4v) is 4.26. The van der Waals surface area contributed by atoms with Gasteiger partial charge in [0.05, 0.1) is 27.6 Å². The number of aliphatic carboxylic acids is 1. The van der Waals surface area contributed by atoms with Gasteiger partial charge in [0.1, 0.15) is 6.54 Å². The SMILES string of the molecule is CC#CCCCCCCCC(=O)C(CC(=O)O)(C[N+](C)(C)C)OC(=O)CCCCCCCC=CC. The minimum absolute atomic E-state index is 0.143. The molecule has 6 nitrogen and oxygen atoms in total. The topological polar surface area (TPSA) is 80.7 Å². The Morgan fingerprint density at radius 2 is 1.46 bits per heavy atom. The lowest BCUT2D eigenvalue weighted by molar-refractivity contribution is -0.875. The number of unbranched alkanes of at least 4 members (excludes halogenated alkanes) is 10. The Bertz CT molecular complexity index is 711. The predicted octanol–water partition coefficient (Wildman–Crippen LogP) is 6.08. The number of quaternary nitrogens is 1. The smallest absolute Gasteiger partial charge is 0.308 e. The van der Waals surface area contributed by atoms with Crippen molar-refractivity contribution in [2.24, 2.45) is 0 Å². The van der Waals surface area contributed by atoms with Crippen LogP contribution < -0.4 is 0 Å². The average molecular weight is 493 g/mol. The quantitative estimate of drug-likeness (QED) is 0.0690. The summed E-state index contributed by atoms with van der Waals surface area (Å²) in [6.07, 6.45) is 15.7. The molecule has 0 rings (SSSR count). The monoisotopic (exact) mass is 492 g/mol. The van der Waals surface area contributed by atoms with Crippen LogP contribution in [0.2, 0.25) is 0 Å². The zero-order valence-electron chi connectivity index (χ0n) is 23.0. The van der Waals surface area contributed by atoms with Gasteiger partial charge in [0.2, 0.25) is 5.60 Å². The number of esters is 1. The molecule has 0 spiro atoms. The number of carbonyl (C=O) groups is 3. The Labute approximate surface area is 214 Å². The van der Waals surface area contributed by atoms with Crippen molar-refractivity contribution in [2.75, 3.05) is 27.7 Å². The minimum atomic E-state index is -1.62. The Morgan fingerprint density at radius 3 is 2.03 bits per heavy atom. The van der Waals surface area contributed by atoms with Crippen molar-refractivity contribution in [3.63, 3.8) is 0 Å². The van der Waals surface area contributed by atoms with E-state index in [1.54, 1.807) is 0 Å². The number of nitrogens with zero attached hydrogens (tertiary/aromatic N) is 1. The highest BCUT2D eigenvalue weighted by atomic mass is 16.6. The van der Waals surface area contributed by atoms with Gasteiger partial charge in [-0.1, -0.05) is 50.7 Å². The van der Waals surface area contributed by atoms with Crippen LogP contribution in [-0.2, 0) is 19.1 Å². The number of rotatable bonds is 21. The summed E-state index contributed by atoms with van der Waals surface area (Å²) in [5.74, 6) is 4.07. The number of ether oxygens (including phenoxy) is 1. The molecule has 0 saturated carbocycles. The van der Waals surface area contributed by atoms with Gasteiger partial charge in [-0.15, -0.1) is 11.8 Å². The molecule has 1 N–H and O–H groups in total. The standard InChI is InChI=1S/C29H49NO5/c1-6-8-10-12-14-16-18-20-22-26(31)29(24-27(32)33,25-30(3,4)5)35-28(34)23-21-19-17-15-13-11-9-7-2/h7,9H,10-25H2,1-5H3/p+1. The van der Waals surface area contributed by atoms with Crippen LogP contribution in [0, 0.1) is 11.8 Å². The minimum Gasteiger partial charge on any atom is -0.481 e. The van der Waals surface area contributed by atoms with Crippen LogP contribution in [0.1, 0.15) is 110 Å². The summed E-state index contributed by atoms with van der Waals surface area (Å²) < 4.78 is 6.09. The lowest BCUT2D eigenvalue weighted by atomic mass is 9.89. The third kappa shape index (κ3) is 17.9. The van der Waals surface area contributed by atoms with E-state index in [1.807, 2.05) is 35.0 Å². The molecule has 0 radical (unpaired) electrons. The summed E-state index contributed by atoms with van der Waals surface area (Å²) in [6.45, 7) is 4.00. The zero-order valence-corrected chi connectivity index (χ0v) is 23.0. The van der Waals surface area contributed by atoms with E-state index in [0.29, 0.717) is 17.3 Å². The van der Waals surface area contributed by atoms with Crippen LogP contribution in [-0.4, -0.2) is 60.6 Å². The second-order valence-corrected chi connectivity index (χ2v) is 10.5. The lowest BCUT2D eigenvalue weighted by Gasteiger charge is -2.37. The molecule has 200 valence electrons. The number of likely N-dealkylation sites (N-methyl/N-ethyl adjacent to an activating group) is 1. The van der Waals surface area contributed by atoms with Crippen LogP contribution in [0.3, 0.4) is 0 Å². The summed E-state index contributed by atoms with van der Waals surface area (Å²) in [4.78, 5) is 37.8. The van der Waals surface area contributed by atoms with Gasteiger partial charge in [-0.05, 0) is 46.0 Å². The normalized spacial score (nSPS) is 13.2. The zero-order chi connectivity index (χ0) is 26.6. The maximum absolute atomic E-state index is 13.3. The van der Waals surface area contributed by atoms with Crippen molar-refractivity contribution in [2.45, 2.75) is 116 Å². The molecule has 0 fully saturated rings. The van der Waals surface area contributed by atoms with E-state index in [-0.39, 0.29) is 25.2 Å². The Morgan fingerprint density at radius 1 is 0.886 bits per heavy atom. The Balaban J connectivity index is 4.93. The highest BCUT2D eigenvalue weighted by Gasteiger charge is 2.48. The molecule has 0 amide bonds. The van der Waals surface area contributed by atoms with E-state index < -0.39 is 24.0 Å². The summed E-state index contributed by atoms with van der Waals surface area (Å²) in [5.41, 5.74) is -1.62. The molecule has 0 saturated heterocycles. The number of hydrogen-bond acceptors (Lipinski definition) is 4. The number of ketones is 1. The molecular formula is C29H50NO5+. The largest absolute Gasteiger partial charge is 0.481 e. The van der Waals surface area contributed by atoms with Crippen LogP contribution in [0.5, 0.6) is 0 Å². The van der Waals surface area contributed by atoms with Crippen LogP contribution in [0.25, 0.3) is 0 Å². The van der Waals surface area contributed by atoms with E-state index in [2.05, 4.69) is 24.0 Å². The van der Waals surface area contributed by atoms with E-state index in [1.165, 1.54) is 0 Å².